The minimum Gasteiger partial charge on any atom is -0.487 e. The van der Waals surface area contributed by atoms with E-state index in [0.717, 1.165) is 22.0 Å². The molecule has 152 valence electrons. The van der Waals surface area contributed by atoms with Crippen LogP contribution in [0.2, 0.25) is 0 Å². The molecule has 0 saturated carbocycles. The topological polar surface area (TPSA) is 64.1 Å². The number of carbonyl (C=O) groups is 1. The minimum absolute atomic E-state index is 0.122. The summed E-state index contributed by atoms with van der Waals surface area (Å²) in [6.07, 6.45) is 0.689. The maximum atomic E-state index is 12.5. The van der Waals surface area contributed by atoms with Crippen LogP contribution in [0.5, 0.6) is 5.75 Å². The summed E-state index contributed by atoms with van der Waals surface area (Å²) in [6, 6.07) is 15.5. The Balaban J connectivity index is 1.28. The predicted octanol–water partition coefficient (Wildman–Crippen LogP) is 5.13. The molecule has 0 aliphatic carbocycles. The Morgan fingerprint density at radius 1 is 1.10 bits per heavy atom. The van der Waals surface area contributed by atoms with Gasteiger partial charge in [-0.25, -0.2) is 9.97 Å². The van der Waals surface area contributed by atoms with Crippen LogP contribution in [0, 0.1) is 6.92 Å². The van der Waals surface area contributed by atoms with Crippen molar-refractivity contribution in [1.82, 2.24) is 15.3 Å². The highest BCUT2D eigenvalue weighted by atomic mass is 32.1. The van der Waals surface area contributed by atoms with Gasteiger partial charge in [0.05, 0.1) is 16.9 Å². The van der Waals surface area contributed by atoms with Gasteiger partial charge in [-0.2, -0.15) is 0 Å². The van der Waals surface area contributed by atoms with Gasteiger partial charge in [-0.3, -0.25) is 4.79 Å². The van der Waals surface area contributed by atoms with Crippen LogP contribution in [0.4, 0.5) is 0 Å². The summed E-state index contributed by atoms with van der Waals surface area (Å²) in [5.74, 6) is 0.529. The molecule has 0 aliphatic rings. The summed E-state index contributed by atoms with van der Waals surface area (Å²) in [4.78, 5) is 21.4. The number of benzene rings is 2. The number of nitrogens with one attached hydrogen (secondary N) is 1. The molecule has 4 rings (SSSR count). The molecule has 2 aromatic heterocycles. The van der Waals surface area contributed by atoms with Crippen LogP contribution in [-0.4, -0.2) is 22.4 Å². The van der Waals surface area contributed by atoms with E-state index in [-0.39, 0.29) is 5.91 Å². The molecule has 1 amide bonds. The number of ether oxygens (including phenoxy) is 1. The van der Waals surface area contributed by atoms with Crippen LogP contribution in [0.25, 0.3) is 10.6 Å². The zero-order valence-corrected chi connectivity index (χ0v) is 18.1. The van der Waals surface area contributed by atoms with Gasteiger partial charge >= 0.3 is 0 Å². The lowest BCUT2D eigenvalue weighted by Crippen LogP contribution is -2.25. The quantitative estimate of drug-likeness (QED) is 0.417. The standard InChI is InChI=1S/C23H21N3O2S2/c1-16-5-7-17(8-6-16)23-26-19(14-30-23)9-10-24-22(27)18-3-2-4-21(11-18)28-12-20-13-29-15-25-20/h2-8,11,13-15H,9-10,12H2,1H3,(H,24,27). The van der Waals surface area contributed by atoms with Crippen molar-refractivity contribution in [2.24, 2.45) is 0 Å². The van der Waals surface area contributed by atoms with Crippen molar-refractivity contribution in [2.45, 2.75) is 20.0 Å². The van der Waals surface area contributed by atoms with Crippen LogP contribution >= 0.6 is 22.7 Å². The lowest BCUT2D eigenvalue weighted by Gasteiger charge is -2.08. The van der Waals surface area contributed by atoms with E-state index in [4.69, 9.17) is 4.74 Å². The lowest BCUT2D eigenvalue weighted by molar-refractivity contribution is 0.0953. The van der Waals surface area contributed by atoms with E-state index < -0.39 is 0 Å². The van der Waals surface area contributed by atoms with Gasteiger partial charge in [-0.1, -0.05) is 35.9 Å². The van der Waals surface area contributed by atoms with Gasteiger partial charge in [0.2, 0.25) is 0 Å². The number of aryl methyl sites for hydroxylation is 1. The maximum Gasteiger partial charge on any atom is 0.251 e. The zero-order valence-electron chi connectivity index (χ0n) is 16.5. The van der Waals surface area contributed by atoms with E-state index in [1.54, 1.807) is 29.0 Å². The smallest absolute Gasteiger partial charge is 0.251 e. The molecule has 0 unspecified atom stereocenters. The highest BCUT2D eigenvalue weighted by Crippen LogP contribution is 2.24. The molecule has 0 bridgehead atoms. The first kappa shape index (κ1) is 20.3. The largest absolute Gasteiger partial charge is 0.487 e. The summed E-state index contributed by atoms with van der Waals surface area (Å²) in [5.41, 5.74) is 6.56. The molecule has 4 aromatic rings. The van der Waals surface area contributed by atoms with E-state index in [0.29, 0.717) is 30.9 Å². The molecular weight excluding hydrogens is 414 g/mol. The zero-order chi connectivity index (χ0) is 20.8. The van der Waals surface area contributed by atoms with E-state index in [2.05, 4.69) is 46.5 Å². The molecule has 2 aromatic carbocycles. The number of rotatable bonds is 8. The second-order valence-corrected chi connectivity index (χ2v) is 8.39. The second-order valence-electron chi connectivity index (χ2n) is 6.81. The van der Waals surface area contributed by atoms with Crippen LogP contribution in [0.15, 0.2) is 64.8 Å². The fourth-order valence-electron chi connectivity index (χ4n) is 2.85. The monoisotopic (exact) mass is 435 g/mol. The van der Waals surface area contributed by atoms with Gasteiger partial charge in [0.15, 0.2) is 0 Å². The summed E-state index contributed by atoms with van der Waals surface area (Å²) in [5, 5.41) is 7.96. The number of carbonyl (C=O) groups excluding carboxylic acids is 1. The highest BCUT2D eigenvalue weighted by molar-refractivity contribution is 7.13. The fourth-order valence-corrected chi connectivity index (χ4v) is 4.25. The molecule has 0 radical (unpaired) electrons. The first-order valence-corrected chi connectivity index (χ1v) is 11.4. The maximum absolute atomic E-state index is 12.5. The molecule has 0 aliphatic heterocycles. The summed E-state index contributed by atoms with van der Waals surface area (Å²) in [6.45, 7) is 2.99. The molecule has 0 fully saturated rings. The van der Waals surface area contributed by atoms with E-state index in [1.807, 2.05) is 22.9 Å². The van der Waals surface area contributed by atoms with Crippen LogP contribution in [0.3, 0.4) is 0 Å². The van der Waals surface area contributed by atoms with Crippen molar-refractivity contribution in [1.29, 1.82) is 0 Å². The van der Waals surface area contributed by atoms with Crippen LogP contribution in [-0.2, 0) is 13.0 Å². The number of amides is 1. The molecule has 7 heteroatoms. The summed E-state index contributed by atoms with van der Waals surface area (Å²) in [7, 11) is 0. The Morgan fingerprint density at radius 3 is 2.77 bits per heavy atom. The molecule has 0 atom stereocenters. The summed E-state index contributed by atoms with van der Waals surface area (Å²) < 4.78 is 5.72. The van der Waals surface area contributed by atoms with Crippen molar-refractivity contribution >= 4 is 28.6 Å². The molecule has 0 saturated heterocycles. The van der Waals surface area contributed by atoms with Gasteiger partial charge in [0, 0.05) is 34.9 Å². The SMILES string of the molecule is Cc1ccc(-c2nc(CCNC(=O)c3cccc(OCc4cscn4)c3)cs2)cc1. The molecule has 30 heavy (non-hydrogen) atoms. The Bertz CT molecular complexity index is 1110. The second kappa shape index (κ2) is 9.65. The van der Waals surface area contributed by atoms with Crippen LogP contribution < -0.4 is 10.1 Å². The predicted molar refractivity (Wildman–Crippen MR) is 121 cm³/mol. The third-order valence-corrected chi connectivity index (χ3v) is 6.06. The van der Waals surface area contributed by atoms with Crippen LogP contribution in [0.1, 0.15) is 27.3 Å². The third-order valence-electron chi connectivity index (χ3n) is 4.48. The van der Waals surface area contributed by atoms with Crippen molar-refractivity contribution in [3.63, 3.8) is 0 Å². The molecule has 0 spiro atoms. The number of aromatic nitrogens is 2. The minimum atomic E-state index is -0.122. The summed E-state index contributed by atoms with van der Waals surface area (Å²) >= 11 is 3.16. The van der Waals surface area contributed by atoms with Crippen molar-refractivity contribution in [3.8, 4) is 16.3 Å². The highest BCUT2D eigenvalue weighted by Gasteiger charge is 2.09. The van der Waals surface area contributed by atoms with Gasteiger partial charge in [0.25, 0.3) is 5.91 Å². The Hall–Kier alpha value is -3.03. The van der Waals surface area contributed by atoms with Crippen molar-refractivity contribution in [2.75, 3.05) is 6.54 Å². The fraction of sp³-hybridized carbons (Fsp3) is 0.174. The third kappa shape index (κ3) is 5.31. The first-order chi connectivity index (χ1) is 14.7. The van der Waals surface area contributed by atoms with Gasteiger partial charge < -0.3 is 10.1 Å². The van der Waals surface area contributed by atoms with Gasteiger partial charge in [-0.05, 0) is 25.1 Å². The molecular formula is C23H21N3O2S2. The van der Waals surface area contributed by atoms with E-state index in [9.17, 15) is 4.79 Å². The Morgan fingerprint density at radius 2 is 1.97 bits per heavy atom. The lowest BCUT2D eigenvalue weighted by atomic mass is 10.2. The Labute approximate surface area is 183 Å². The number of hydrogen-bond acceptors (Lipinski definition) is 6. The van der Waals surface area contributed by atoms with Gasteiger partial charge in [-0.15, -0.1) is 22.7 Å². The first-order valence-electron chi connectivity index (χ1n) is 9.57. The Kier molecular flexibility index (Phi) is 6.51. The molecule has 2 heterocycles. The molecule has 5 nitrogen and oxygen atoms in total. The number of hydrogen-bond donors (Lipinski definition) is 1. The normalized spacial score (nSPS) is 10.7. The van der Waals surface area contributed by atoms with E-state index in [1.165, 1.54) is 16.9 Å². The van der Waals surface area contributed by atoms with Crippen molar-refractivity contribution in [3.05, 3.63) is 87.3 Å². The van der Waals surface area contributed by atoms with Gasteiger partial charge in [0.1, 0.15) is 17.4 Å². The number of thiazole rings is 2. The van der Waals surface area contributed by atoms with Crippen molar-refractivity contribution < 1.29 is 9.53 Å². The molecule has 1 N–H and O–H groups in total. The number of nitrogens with zero attached hydrogens (tertiary/aromatic N) is 2. The van der Waals surface area contributed by atoms with E-state index >= 15 is 0 Å². The average Bonchev–Trinajstić information content (AvgIpc) is 3.45. The average molecular weight is 436 g/mol.